The van der Waals surface area contributed by atoms with E-state index in [2.05, 4.69) is 98.8 Å². The number of benzene rings is 5. The van der Waals surface area contributed by atoms with Crippen LogP contribution in [0.1, 0.15) is 25.0 Å². The van der Waals surface area contributed by atoms with E-state index in [0.717, 1.165) is 44.2 Å². The minimum atomic E-state index is -0.0529. The Morgan fingerprint density at radius 1 is 0.512 bits per heavy atom. The fourth-order valence-corrected chi connectivity index (χ4v) is 6.49. The van der Waals surface area contributed by atoms with Crippen molar-refractivity contribution in [3.8, 4) is 44.9 Å². The van der Waals surface area contributed by atoms with E-state index in [4.69, 9.17) is 15.0 Å². The van der Waals surface area contributed by atoms with Gasteiger partial charge < -0.3 is 0 Å². The Morgan fingerprint density at radius 3 is 2.12 bits per heavy atom. The van der Waals surface area contributed by atoms with Crippen LogP contribution in [0.3, 0.4) is 0 Å². The van der Waals surface area contributed by atoms with E-state index in [-0.39, 0.29) is 5.41 Å². The summed E-state index contributed by atoms with van der Waals surface area (Å²) in [6.07, 6.45) is 1.86. The van der Waals surface area contributed by atoms with Crippen LogP contribution < -0.4 is 0 Å². The first-order valence-electron chi connectivity index (χ1n) is 14.0. The van der Waals surface area contributed by atoms with E-state index in [0.29, 0.717) is 5.82 Å². The maximum atomic E-state index is 5.13. The van der Waals surface area contributed by atoms with Gasteiger partial charge in [0.15, 0.2) is 5.82 Å². The molecule has 0 aliphatic heterocycles. The van der Waals surface area contributed by atoms with Crippen LogP contribution in [0.2, 0.25) is 0 Å². The average Bonchev–Trinajstić information content (AvgIpc) is 3.26. The normalized spacial score (nSPS) is 13.3. The smallest absolute Gasteiger partial charge is 0.162 e. The van der Waals surface area contributed by atoms with Crippen molar-refractivity contribution in [2.75, 3.05) is 0 Å². The minimum Gasteiger partial charge on any atom is -0.255 e. The SMILES string of the molecule is CC1(C)c2ccccc2-c2ccc(-c3ccc(-c4nc(-c5ccccc5)c5ccccc5n4)c4ncccc34)cc21. The van der Waals surface area contributed by atoms with Crippen molar-refractivity contribution in [2.45, 2.75) is 19.3 Å². The summed E-state index contributed by atoms with van der Waals surface area (Å²) in [5, 5.41) is 2.13. The summed E-state index contributed by atoms with van der Waals surface area (Å²) in [6, 6.07) is 42.7. The van der Waals surface area contributed by atoms with E-state index >= 15 is 0 Å². The molecule has 1 aliphatic carbocycles. The topological polar surface area (TPSA) is 38.7 Å². The molecule has 0 N–H and O–H groups in total. The fraction of sp³-hybridized carbons (Fsp3) is 0.0789. The van der Waals surface area contributed by atoms with Gasteiger partial charge in [0.05, 0.1) is 16.7 Å². The first-order valence-corrected chi connectivity index (χ1v) is 14.0. The minimum absolute atomic E-state index is 0.0529. The molecule has 0 amide bonds. The van der Waals surface area contributed by atoms with Gasteiger partial charge in [-0.2, -0.15) is 0 Å². The molecule has 0 atom stereocenters. The number of hydrogen-bond acceptors (Lipinski definition) is 3. The van der Waals surface area contributed by atoms with Crippen LogP contribution in [-0.2, 0) is 5.41 Å². The third-order valence-corrected chi connectivity index (χ3v) is 8.56. The molecular formula is C38H27N3. The standard InChI is InChI=1S/C38H27N3/c1-38(2)32-16-8-6-13-27(32)28-19-18-25(23-33(28)38)26-20-21-31(36-29(26)15-10-22-39-36)37-40-34-17-9-7-14-30(34)35(41-37)24-11-4-3-5-12-24/h3-23H,1-2H3. The molecule has 0 saturated heterocycles. The highest BCUT2D eigenvalue weighted by molar-refractivity contribution is 6.03. The molecule has 3 heteroatoms. The second-order valence-corrected chi connectivity index (χ2v) is 11.3. The number of aromatic nitrogens is 3. The lowest BCUT2D eigenvalue weighted by molar-refractivity contribution is 0.660. The van der Waals surface area contributed by atoms with Crippen LogP contribution in [0.15, 0.2) is 128 Å². The van der Waals surface area contributed by atoms with Gasteiger partial charge in [-0.15, -0.1) is 0 Å². The van der Waals surface area contributed by atoms with Gasteiger partial charge in [0, 0.05) is 33.5 Å². The highest BCUT2D eigenvalue weighted by Crippen LogP contribution is 2.50. The zero-order valence-corrected chi connectivity index (χ0v) is 23.0. The van der Waals surface area contributed by atoms with Gasteiger partial charge in [0.25, 0.3) is 0 Å². The lowest BCUT2D eigenvalue weighted by atomic mass is 9.81. The maximum Gasteiger partial charge on any atom is 0.162 e. The van der Waals surface area contributed by atoms with Gasteiger partial charge in [-0.3, -0.25) is 4.98 Å². The van der Waals surface area contributed by atoms with Gasteiger partial charge in [-0.05, 0) is 57.6 Å². The molecule has 2 aromatic heterocycles. The number of rotatable bonds is 3. The molecule has 0 fully saturated rings. The van der Waals surface area contributed by atoms with Crippen molar-refractivity contribution >= 4 is 21.8 Å². The van der Waals surface area contributed by atoms with Gasteiger partial charge in [0.2, 0.25) is 0 Å². The summed E-state index contributed by atoms with van der Waals surface area (Å²) < 4.78 is 0. The Balaban J connectivity index is 1.32. The lowest BCUT2D eigenvalue weighted by Crippen LogP contribution is -2.14. The predicted octanol–water partition coefficient (Wildman–Crippen LogP) is 9.49. The van der Waals surface area contributed by atoms with Crippen molar-refractivity contribution in [1.82, 2.24) is 15.0 Å². The Labute approximate surface area is 239 Å². The van der Waals surface area contributed by atoms with Crippen molar-refractivity contribution in [1.29, 1.82) is 0 Å². The predicted molar refractivity (Wildman–Crippen MR) is 169 cm³/mol. The molecule has 0 bridgehead atoms. The van der Waals surface area contributed by atoms with E-state index in [9.17, 15) is 0 Å². The van der Waals surface area contributed by atoms with Crippen LogP contribution in [0.25, 0.3) is 66.7 Å². The van der Waals surface area contributed by atoms with Crippen molar-refractivity contribution < 1.29 is 0 Å². The van der Waals surface area contributed by atoms with E-state index < -0.39 is 0 Å². The number of para-hydroxylation sites is 1. The number of hydrogen-bond donors (Lipinski definition) is 0. The number of fused-ring (bicyclic) bond motifs is 5. The summed E-state index contributed by atoms with van der Waals surface area (Å²) in [7, 11) is 0. The zero-order chi connectivity index (χ0) is 27.6. The number of pyridine rings is 1. The quantitative estimate of drug-likeness (QED) is 0.231. The Bertz CT molecular complexity index is 2130. The second-order valence-electron chi connectivity index (χ2n) is 11.3. The zero-order valence-electron chi connectivity index (χ0n) is 23.0. The van der Waals surface area contributed by atoms with Crippen LogP contribution in [0.4, 0.5) is 0 Å². The third kappa shape index (κ3) is 3.63. The molecule has 41 heavy (non-hydrogen) atoms. The molecule has 0 radical (unpaired) electrons. The molecule has 8 rings (SSSR count). The monoisotopic (exact) mass is 525 g/mol. The molecule has 0 saturated carbocycles. The molecule has 194 valence electrons. The highest BCUT2D eigenvalue weighted by Gasteiger charge is 2.35. The van der Waals surface area contributed by atoms with Gasteiger partial charge in [-0.1, -0.05) is 111 Å². The summed E-state index contributed by atoms with van der Waals surface area (Å²) in [5.74, 6) is 0.684. The molecule has 3 nitrogen and oxygen atoms in total. The molecule has 0 unspecified atom stereocenters. The van der Waals surface area contributed by atoms with Crippen LogP contribution in [0, 0.1) is 0 Å². The molecule has 5 aromatic carbocycles. The fourth-order valence-electron chi connectivity index (χ4n) is 6.49. The Kier molecular flexibility index (Phi) is 5.17. The van der Waals surface area contributed by atoms with E-state index in [1.54, 1.807) is 0 Å². The maximum absolute atomic E-state index is 5.13. The Hall–Kier alpha value is -5.15. The van der Waals surface area contributed by atoms with Crippen molar-refractivity contribution in [3.05, 3.63) is 139 Å². The average molecular weight is 526 g/mol. The van der Waals surface area contributed by atoms with Gasteiger partial charge in [0.1, 0.15) is 0 Å². The highest BCUT2D eigenvalue weighted by atomic mass is 14.9. The summed E-state index contributed by atoms with van der Waals surface area (Å²) in [4.78, 5) is 15.0. The van der Waals surface area contributed by atoms with Crippen LogP contribution in [-0.4, -0.2) is 15.0 Å². The van der Waals surface area contributed by atoms with Gasteiger partial charge in [-0.25, -0.2) is 9.97 Å². The molecule has 7 aromatic rings. The first-order chi connectivity index (χ1) is 20.1. The number of nitrogens with zero attached hydrogens (tertiary/aromatic N) is 3. The lowest BCUT2D eigenvalue weighted by Gasteiger charge is -2.22. The van der Waals surface area contributed by atoms with Crippen molar-refractivity contribution in [3.63, 3.8) is 0 Å². The van der Waals surface area contributed by atoms with Gasteiger partial charge >= 0.3 is 0 Å². The van der Waals surface area contributed by atoms with Crippen molar-refractivity contribution in [2.24, 2.45) is 0 Å². The van der Waals surface area contributed by atoms with E-state index in [1.165, 1.54) is 27.8 Å². The molecule has 0 spiro atoms. The van der Waals surface area contributed by atoms with Crippen LogP contribution >= 0.6 is 0 Å². The Morgan fingerprint density at radius 2 is 1.22 bits per heavy atom. The molecule has 2 heterocycles. The summed E-state index contributed by atoms with van der Waals surface area (Å²) in [5.41, 5.74) is 12.5. The van der Waals surface area contributed by atoms with Crippen LogP contribution in [0.5, 0.6) is 0 Å². The third-order valence-electron chi connectivity index (χ3n) is 8.56. The molecular weight excluding hydrogens is 498 g/mol. The van der Waals surface area contributed by atoms with E-state index in [1.807, 2.05) is 42.6 Å². The second kappa shape index (κ2) is 8.94. The first kappa shape index (κ1) is 23.7. The summed E-state index contributed by atoms with van der Waals surface area (Å²) >= 11 is 0. The largest absolute Gasteiger partial charge is 0.255 e. The molecule has 1 aliphatic rings. The summed E-state index contributed by atoms with van der Waals surface area (Å²) in [6.45, 7) is 4.65.